The van der Waals surface area contributed by atoms with Crippen LogP contribution in [0.25, 0.3) is 0 Å². The normalized spacial score (nSPS) is 18.8. The molecule has 6 rings (SSSR count). The lowest BCUT2D eigenvalue weighted by molar-refractivity contribution is -0.138. The number of hydrogen-bond donors (Lipinski definition) is 1. The Hall–Kier alpha value is -3.34. The van der Waals surface area contributed by atoms with E-state index in [-0.39, 0.29) is 36.9 Å². The molecule has 6 nitrogen and oxygen atoms in total. The average molecular weight is 578 g/mol. The van der Waals surface area contributed by atoms with Crippen LogP contribution < -0.4 is 10.2 Å². The Morgan fingerprint density at radius 1 is 1.00 bits per heavy atom. The van der Waals surface area contributed by atoms with Crippen LogP contribution in [0.5, 0.6) is 0 Å². The first-order valence-electron chi connectivity index (χ1n) is 14.0. The zero-order valence-electron chi connectivity index (χ0n) is 23.6. The number of fused-ring (bicyclic) bond motifs is 1. The van der Waals surface area contributed by atoms with Gasteiger partial charge in [0.25, 0.3) is 5.91 Å². The molecular weight excluding hydrogens is 541 g/mol. The van der Waals surface area contributed by atoms with Crippen molar-refractivity contribution in [1.82, 2.24) is 20.1 Å². The molecular formula is C30H36F5N5O. The number of nitrogens with one attached hydrogen (secondary N) is 1. The standard InChI is InChI=1S/C23H19F5N4O.C5H11N.C2H6/c1-31-13-29-30-19(31)9-21(11-22(24,25)12-21)14-4-2-5-15(8-14)32-10-17-16(20(32)33)6-3-7-18(17)23(26,27)28;1-2-4-6-5-3-1;1-2/h2-8,13H,9-12H2,1H3;6H,1-5H2;1-2H3. The molecule has 1 saturated heterocycles. The highest BCUT2D eigenvalue weighted by Crippen LogP contribution is 2.55. The Balaban J connectivity index is 0.000000424. The summed E-state index contributed by atoms with van der Waals surface area (Å²) in [6, 6.07) is 10.1. The van der Waals surface area contributed by atoms with Gasteiger partial charge in [0.05, 0.1) is 12.1 Å². The molecule has 3 heterocycles. The van der Waals surface area contributed by atoms with Crippen LogP contribution in [0.2, 0.25) is 0 Å². The van der Waals surface area contributed by atoms with Gasteiger partial charge in [0.15, 0.2) is 0 Å². The average Bonchev–Trinajstić information content (AvgIpc) is 3.51. The predicted octanol–water partition coefficient (Wildman–Crippen LogP) is 6.69. The maximum absolute atomic E-state index is 14.0. The molecule has 0 spiro atoms. The number of aromatic nitrogens is 3. The van der Waals surface area contributed by atoms with E-state index in [1.165, 1.54) is 55.7 Å². The lowest BCUT2D eigenvalue weighted by atomic mass is 9.60. The number of halogens is 5. The van der Waals surface area contributed by atoms with Crippen molar-refractivity contribution in [3.63, 3.8) is 0 Å². The second kappa shape index (κ2) is 12.3. The minimum absolute atomic E-state index is 0.000737. The molecule has 1 aliphatic carbocycles. The number of carbonyl (C=O) groups is 1. The maximum atomic E-state index is 14.0. The Bertz CT molecular complexity index is 1330. The van der Waals surface area contributed by atoms with Crippen LogP contribution in [0.15, 0.2) is 48.8 Å². The maximum Gasteiger partial charge on any atom is 0.416 e. The number of carbonyl (C=O) groups excluding carboxylic acids is 1. The van der Waals surface area contributed by atoms with Gasteiger partial charge in [-0.25, -0.2) is 8.78 Å². The highest BCUT2D eigenvalue weighted by Gasteiger charge is 2.57. The van der Waals surface area contributed by atoms with Crippen molar-refractivity contribution in [2.45, 2.75) is 76.4 Å². The molecule has 2 fully saturated rings. The van der Waals surface area contributed by atoms with Gasteiger partial charge in [0.2, 0.25) is 5.92 Å². The Morgan fingerprint density at radius 3 is 2.22 bits per heavy atom. The quantitative estimate of drug-likeness (QED) is 0.351. The molecule has 2 aliphatic heterocycles. The molecule has 222 valence electrons. The van der Waals surface area contributed by atoms with E-state index in [2.05, 4.69) is 15.5 Å². The third-order valence-electron chi connectivity index (χ3n) is 7.75. The van der Waals surface area contributed by atoms with Gasteiger partial charge in [-0.1, -0.05) is 38.5 Å². The van der Waals surface area contributed by atoms with Crippen molar-refractivity contribution in [2.75, 3.05) is 18.0 Å². The van der Waals surface area contributed by atoms with Gasteiger partial charge in [-0.3, -0.25) is 4.79 Å². The summed E-state index contributed by atoms with van der Waals surface area (Å²) >= 11 is 0. The van der Waals surface area contributed by atoms with E-state index in [0.29, 0.717) is 17.1 Å². The lowest BCUT2D eigenvalue weighted by Gasteiger charge is -2.48. The number of benzene rings is 2. The topological polar surface area (TPSA) is 63.1 Å². The van der Waals surface area contributed by atoms with Gasteiger partial charge in [0, 0.05) is 43.0 Å². The van der Waals surface area contributed by atoms with Crippen molar-refractivity contribution >= 4 is 11.6 Å². The fourth-order valence-corrected chi connectivity index (χ4v) is 5.75. The number of aryl methyl sites for hydroxylation is 1. The van der Waals surface area contributed by atoms with Crippen molar-refractivity contribution in [3.8, 4) is 0 Å². The van der Waals surface area contributed by atoms with Gasteiger partial charge in [-0.2, -0.15) is 13.2 Å². The predicted molar refractivity (Wildman–Crippen MR) is 147 cm³/mol. The third kappa shape index (κ3) is 6.60. The second-order valence-electron chi connectivity index (χ2n) is 10.6. The molecule has 0 radical (unpaired) electrons. The summed E-state index contributed by atoms with van der Waals surface area (Å²) in [7, 11) is 1.73. The van der Waals surface area contributed by atoms with Crippen molar-refractivity contribution in [1.29, 1.82) is 0 Å². The van der Waals surface area contributed by atoms with E-state index in [1.54, 1.807) is 35.9 Å². The number of piperidine rings is 1. The fourth-order valence-electron chi connectivity index (χ4n) is 5.75. The molecule has 1 saturated carbocycles. The van der Waals surface area contributed by atoms with Crippen LogP contribution in [0.4, 0.5) is 27.6 Å². The smallest absolute Gasteiger partial charge is 0.321 e. The van der Waals surface area contributed by atoms with Gasteiger partial charge in [-0.15, -0.1) is 10.2 Å². The fraction of sp³-hybridized carbons (Fsp3) is 0.500. The zero-order valence-corrected chi connectivity index (χ0v) is 23.6. The third-order valence-corrected chi connectivity index (χ3v) is 7.75. The molecule has 3 aliphatic rings. The number of anilines is 1. The van der Waals surface area contributed by atoms with E-state index < -0.39 is 29.0 Å². The van der Waals surface area contributed by atoms with Crippen LogP contribution in [0.3, 0.4) is 0 Å². The lowest BCUT2D eigenvalue weighted by Crippen LogP contribution is -2.51. The van der Waals surface area contributed by atoms with E-state index in [0.717, 1.165) is 6.07 Å². The van der Waals surface area contributed by atoms with E-state index in [4.69, 9.17) is 0 Å². The van der Waals surface area contributed by atoms with Crippen LogP contribution >= 0.6 is 0 Å². The first-order valence-corrected chi connectivity index (χ1v) is 14.0. The van der Waals surface area contributed by atoms with Crippen LogP contribution in [-0.2, 0) is 31.6 Å². The monoisotopic (exact) mass is 577 g/mol. The minimum Gasteiger partial charge on any atom is -0.321 e. The molecule has 41 heavy (non-hydrogen) atoms. The molecule has 1 N–H and O–H groups in total. The van der Waals surface area contributed by atoms with Gasteiger partial charge >= 0.3 is 6.18 Å². The molecule has 2 aromatic carbocycles. The summed E-state index contributed by atoms with van der Waals surface area (Å²) in [5, 5.41) is 11.1. The Labute approximate surface area is 237 Å². The highest BCUT2D eigenvalue weighted by molar-refractivity contribution is 6.10. The summed E-state index contributed by atoms with van der Waals surface area (Å²) in [5.41, 5.74) is -0.872. The van der Waals surface area contributed by atoms with E-state index in [9.17, 15) is 26.7 Å². The number of nitrogens with zero attached hydrogens (tertiary/aromatic N) is 4. The largest absolute Gasteiger partial charge is 0.416 e. The first-order chi connectivity index (χ1) is 19.5. The van der Waals surface area contributed by atoms with E-state index >= 15 is 0 Å². The molecule has 0 atom stereocenters. The summed E-state index contributed by atoms with van der Waals surface area (Å²) in [5.74, 6) is -2.82. The molecule has 0 unspecified atom stereocenters. The Kier molecular flexibility index (Phi) is 9.16. The molecule has 11 heteroatoms. The highest BCUT2D eigenvalue weighted by atomic mass is 19.4. The number of alkyl halides is 5. The van der Waals surface area contributed by atoms with Gasteiger partial charge in [-0.05, 0) is 61.3 Å². The summed E-state index contributed by atoms with van der Waals surface area (Å²) < 4.78 is 70.1. The minimum atomic E-state index is -4.58. The number of amides is 1. The van der Waals surface area contributed by atoms with Crippen LogP contribution in [-0.4, -0.2) is 39.7 Å². The van der Waals surface area contributed by atoms with Crippen molar-refractivity contribution in [2.24, 2.45) is 7.05 Å². The van der Waals surface area contributed by atoms with Crippen LogP contribution in [0.1, 0.15) is 78.8 Å². The summed E-state index contributed by atoms with van der Waals surface area (Å²) in [6.07, 6.45) is 0.586. The summed E-state index contributed by atoms with van der Waals surface area (Å²) in [6.45, 7) is 6.26. The van der Waals surface area contributed by atoms with Gasteiger partial charge < -0.3 is 14.8 Å². The van der Waals surface area contributed by atoms with Crippen molar-refractivity contribution in [3.05, 3.63) is 76.9 Å². The number of rotatable bonds is 4. The van der Waals surface area contributed by atoms with Crippen molar-refractivity contribution < 1.29 is 26.7 Å². The molecule has 1 amide bonds. The second-order valence-corrected chi connectivity index (χ2v) is 10.6. The zero-order chi connectivity index (χ0) is 29.8. The Morgan fingerprint density at radius 2 is 1.68 bits per heavy atom. The van der Waals surface area contributed by atoms with Crippen LogP contribution in [0, 0.1) is 0 Å². The molecule has 1 aromatic heterocycles. The van der Waals surface area contributed by atoms with Gasteiger partial charge in [0.1, 0.15) is 12.2 Å². The first kappa shape index (κ1) is 30.6. The SMILES string of the molecule is C1CCNCC1.CC.Cn1cnnc1CC1(c2cccc(N3Cc4c(cccc4C(F)(F)F)C3=O)c2)CC(F)(F)C1. The van der Waals surface area contributed by atoms with E-state index in [1.807, 2.05) is 13.8 Å². The number of hydrogen-bond acceptors (Lipinski definition) is 4. The molecule has 0 bridgehead atoms. The molecule has 3 aromatic rings. The summed E-state index contributed by atoms with van der Waals surface area (Å²) in [4.78, 5) is 14.2.